The molecule has 1 atom stereocenters. The number of nitrogens with two attached hydrogens (primary N) is 1. The van der Waals surface area contributed by atoms with Gasteiger partial charge in [-0.2, -0.15) is 0 Å². The third-order valence-electron chi connectivity index (χ3n) is 2.22. The predicted molar refractivity (Wildman–Crippen MR) is 63.0 cm³/mol. The summed E-state index contributed by atoms with van der Waals surface area (Å²) in [6, 6.07) is 9.40. The van der Waals surface area contributed by atoms with Gasteiger partial charge in [-0.15, -0.1) is 0 Å². The van der Waals surface area contributed by atoms with Crippen LogP contribution in [0.2, 0.25) is 0 Å². The van der Waals surface area contributed by atoms with Crippen LogP contribution in [-0.2, 0) is 16.1 Å². The van der Waals surface area contributed by atoms with Crippen molar-refractivity contribution in [1.82, 2.24) is 5.32 Å². The average molecular weight is 236 g/mol. The van der Waals surface area contributed by atoms with Gasteiger partial charge in [-0.3, -0.25) is 4.79 Å². The number of nitrogens with one attached hydrogen (secondary N) is 1. The topological polar surface area (TPSA) is 81.4 Å². The highest BCUT2D eigenvalue weighted by atomic mass is 16.6. The van der Waals surface area contributed by atoms with Crippen molar-refractivity contribution >= 4 is 12.0 Å². The lowest BCUT2D eigenvalue weighted by molar-refractivity contribution is -0.126. The highest BCUT2D eigenvalue weighted by molar-refractivity contribution is 5.81. The van der Waals surface area contributed by atoms with Gasteiger partial charge in [0.25, 0.3) is 5.91 Å². The second-order valence-electron chi connectivity index (χ2n) is 3.54. The number of ether oxygens (including phenoxy) is 1. The number of rotatable bonds is 5. The van der Waals surface area contributed by atoms with Crippen molar-refractivity contribution in [2.45, 2.75) is 26.0 Å². The van der Waals surface area contributed by atoms with E-state index in [2.05, 4.69) is 5.32 Å². The minimum absolute atomic E-state index is 0.356. The SMILES string of the molecule is CC[C@@H](OC(=O)NCc1ccccc1)C(N)=O. The van der Waals surface area contributed by atoms with E-state index in [0.29, 0.717) is 13.0 Å². The van der Waals surface area contributed by atoms with Crippen LogP contribution in [0.25, 0.3) is 0 Å². The molecule has 1 aromatic rings. The number of benzene rings is 1. The van der Waals surface area contributed by atoms with Crippen molar-refractivity contribution < 1.29 is 14.3 Å². The molecular formula is C12H16N2O3. The average Bonchev–Trinajstić information content (AvgIpc) is 2.34. The van der Waals surface area contributed by atoms with Crippen molar-refractivity contribution in [2.75, 3.05) is 0 Å². The summed E-state index contributed by atoms with van der Waals surface area (Å²) in [5, 5.41) is 2.55. The van der Waals surface area contributed by atoms with Gasteiger partial charge < -0.3 is 15.8 Å². The number of hydrogen-bond acceptors (Lipinski definition) is 3. The molecular weight excluding hydrogens is 220 g/mol. The number of amides is 2. The Morgan fingerprint density at radius 3 is 2.53 bits per heavy atom. The second-order valence-corrected chi connectivity index (χ2v) is 3.54. The molecule has 92 valence electrons. The number of primary amides is 1. The van der Waals surface area contributed by atoms with E-state index in [1.54, 1.807) is 6.92 Å². The Bertz CT molecular complexity index is 379. The Hall–Kier alpha value is -2.04. The minimum atomic E-state index is -0.870. The van der Waals surface area contributed by atoms with Gasteiger partial charge in [0.1, 0.15) is 0 Å². The van der Waals surface area contributed by atoms with E-state index in [1.165, 1.54) is 0 Å². The molecule has 0 heterocycles. The quantitative estimate of drug-likeness (QED) is 0.805. The van der Waals surface area contributed by atoms with Crippen LogP contribution >= 0.6 is 0 Å². The van der Waals surface area contributed by atoms with Crippen molar-refractivity contribution in [3.05, 3.63) is 35.9 Å². The molecule has 1 aromatic carbocycles. The monoisotopic (exact) mass is 236 g/mol. The van der Waals surface area contributed by atoms with Crippen LogP contribution in [0.4, 0.5) is 4.79 Å². The first kappa shape index (κ1) is 13.0. The standard InChI is InChI=1S/C12H16N2O3/c1-2-10(11(13)15)17-12(16)14-8-9-6-4-3-5-7-9/h3-7,10H,2,8H2,1H3,(H2,13,15)(H,14,16)/t10-/m1/s1. The smallest absolute Gasteiger partial charge is 0.408 e. The molecule has 0 saturated heterocycles. The van der Waals surface area contributed by atoms with Gasteiger partial charge in [-0.05, 0) is 12.0 Å². The lowest BCUT2D eigenvalue weighted by Crippen LogP contribution is -2.36. The Labute approximate surface area is 99.9 Å². The van der Waals surface area contributed by atoms with Gasteiger partial charge in [0, 0.05) is 6.54 Å². The summed E-state index contributed by atoms with van der Waals surface area (Å²) in [4.78, 5) is 22.2. The fourth-order valence-corrected chi connectivity index (χ4v) is 1.28. The van der Waals surface area contributed by atoms with E-state index in [0.717, 1.165) is 5.56 Å². The highest BCUT2D eigenvalue weighted by Crippen LogP contribution is 2.00. The summed E-state index contributed by atoms with van der Waals surface area (Å²) < 4.78 is 4.86. The van der Waals surface area contributed by atoms with Crippen LogP contribution in [0.15, 0.2) is 30.3 Å². The Balaban J connectivity index is 2.37. The third-order valence-corrected chi connectivity index (χ3v) is 2.22. The zero-order chi connectivity index (χ0) is 12.7. The first-order valence-corrected chi connectivity index (χ1v) is 5.41. The molecule has 5 nitrogen and oxygen atoms in total. The number of hydrogen-bond donors (Lipinski definition) is 2. The van der Waals surface area contributed by atoms with Gasteiger partial charge in [-0.1, -0.05) is 37.3 Å². The molecule has 0 unspecified atom stereocenters. The second kappa shape index (κ2) is 6.52. The van der Waals surface area contributed by atoms with Crippen LogP contribution in [0.3, 0.4) is 0 Å². The predicted octanol–water partition coefficient (Wildman–Crippen LogP) is 1.18. The lowest BCUT2D eigenvalue weighted by Gasteiger charge is -2.13. The van der Waals surface area contributed by atoms with E-state index in [1.807, 2.05) is 30.3 Å². The molecule has 0 fully saturated rings. The summed E-state index contributed by atoms with van der Waals surface area (Å²) in [6.07, 6.45) is -1.14. The summed E-state index contributed by atoms with van der Waals surface area (Å²) in [5.74, 6) is -0.637. The lowest BCUT2D eigenvalue weighted by atomic mass is 10.2. The molecule has 0 radical (unpaired) electrons. The molecule has 0 aliphatic rings. The first-order valence-electron chi connectivity index (χ1n) is 5.41. The van der Waals surface area contributed by atoms with E-state index >= 15 is 0 Å². The summed E-state index contributed by atoms with van der Waals surface area (Å²) in [5.41, 5.74) is 6.01. The molecule has 0 aliphatic heterocycles. The normalized spacial score (nSPS) is 11.6. The maximum absolute atomic E-state index is 11.3. The molecule has 0 saturated carbocycles. The van der Waals surface area contributed by atoms with Gasteiger partial charge >= 0.3 is 6.09 Å². The highest BCUT2D eigenvalue weighted by Gasteiger charge is 2.17. The molecule has 17 heavy (non-hydrogen) atoms. The van der Waals surface area contributed by atoms with Gasteiger partial charge in [0.05, 0.1) is 0 Å². The van der Waals surface area contributed by atoms with Crippen LogP contribution < -0.4 is 11.1 Å². The van der Waals surface area contributed by atoms with Crippen LogP contribution in [0, 0.1) is 0 Å². The van der Waals surface area contributed by atoms with E-state index in [9.17, 15) is 9.59 Å². The molecule has 2 amide bonds. The Morgan fingerprint density at radius 1 is 1.35 bits per heavy atom. The zero-order valence-electron chi connectivity index (χ0n) is 9.68. The zero-order valence-corrected chi connectivity index (χ0v) is 9.68. The third kappa shape index (κ3) is 4.55. The van der Waals surface area contributed by atoms with E-state index in [4.69, 9.17) is 10.5 Å². The molecule has 3 N–H and O–H groups in total. The molecule has 1 rings (SSSR count). The van der Waals surface area contributed by atoms with Crippen LogP contribution in [-0.4, -0.2) is 18.1 Å². The maximum Gasteiger partial charge on any atom is 0.408 e. The Kier molecular flexibility index (Phi) is 5.00. The molecule has 5 heteroatoms. The maximum atomic E-state index is 11.3. The number of alkyl carbamates (subject to hydrolysis) is 1. The fourth-order valence-electron chi connectivity index (χ4n) is 1.28. The van der Waals surface area contributed by atoms with Gasteiger partial charge in [-0.25, -0.2) is 4.79 Å². The summed E-state index contributed by atoms with van der Waals surface area (Å²) in [6.45, 7) is 2.08. The Morgan fingerprint density at radius 2 is 2.00 bits per heavy atom. The molecule has 0 aliphatic carbocycles. The molecule has 0 bridgehead atoms. The van der Waals surface area contributed by atoms with Crippen molar-refractivity contribution in [2.24, 2.45) is 5.73 Å². The molecule has 0 spiro atoms. The van der Waals surface area contributed by atoms with Gasteiger partial charge in [0.15, 0.2) is 6.10 Å². The van der Waals surface area contributed by atoms with Crippen LogP contribution in [0.5, 0.6) is 0 Å². The number of carbonyl (C=O) groups excluding carboxylic acids is 2. The number of carbonyl (C=O) groups is 2. The first-order chi connectivity index (χ1) is 8.13. The fraction of sp³-hybridized carbons (Fsp3) is 0.333. The van der Waals surface area contributed by atoms with E-state index < -0.39 is 18.1 Å². The summed E-state index contributed by atoms with van der Waals surface area (Å²) >= 11 is 0. The van der Waals surface area contributed by atoms with Gasteiger partial charge in [0.2, 0.25) is 0 Å². The van der Waals surface area contributed by atoms with Crippen molar-refractivity contribution in [1.29, 1.82) is 0 Å². The summed E-state index contributed by atoms with van der Waals surface area (Å²) in [7, 11) is 0. The van der Waals surface area contributed by atoms with Crippen molar-refractivity contribution in [3.63, 3.8) is 0 Å². The molecule has 0 aromatic heterocycles. The van der Waals surface area contributed by atoms with Crippen LogP contribution in [0.1, 0.15) is 18.9 Å². The van der Waals surface area contributed by atoms with E-state index in [-0.39, 0.29) is 0 Å². The largest absolute Gasteiger partial charge is 0.436 e. The van der Waals surface area contributed by atoms with Crippen molar-refractivity contribution in [3.8, 4) is 0 Å². The minimum Gasteiger partial charge on any atom is -0.436 e.